The van der Waals surface area contributed by atoms with E-state index in [-0.39, 0.29) is 30.3 Å². The Kier molecular flexibility index (Phi) is 8.89. The smallest absolute Gasteiger partial charge is 0.222 e. The Morgan fingerprint density at radius 1 is 0.939 bits per heavy atom. The van der Waals surface area contributed by atoms with Crippen LogP contribution in [0.15, 0.2) is 48.5 Å². The maximum absolute atomic E-state index is 12.7. The maximum atomic E-state index is 12.7. The molecule has 0 bridgehead atoms. The molecule has 3 rings (SSSR count). The highest BCUT2D eigenvalue weighted by Crippen LogP contribution is 2.19. The summed E-state index contributed by atoms with van der Waals surface area (Å²) in [6.07, 6.45) is 1.15. The number of aryl methyl sites for hydroxylation is 2. The van der Waals surface area contributed by atoms with Gasteiger partial charge in [0.2, 0.25) is 11.8 Å². The van der Waals surface area contributed by atoms with Gasteiger partial charge in [-0.25, -0.2) is 0 Å². The van der Waals surface area contributed by atoms with Crippen LogP contribution in [0.1, 0.15) is 49.4 Å². The van der Waals surface area contributed by atoms with Crippen LogP contribution in [-0.4, -0.2) is 55.5 Å². The highest BCUT2D eigenvalue weighted by molar-refractivity contribution is 5.79. The van der Waals surface area contributed by atoms with Crippen molar-refractivity contribution in [3.05, 3.63) is 65.2 Å². The Balaban J connectivity index is 1.42. The predicted octanol–water partition coefficient (Wildman–Crippen LogP) is 3.59. The van der Waals surface area contributed by atoms with Crippen molar-refractivity contribution in [2.75, 3.05) is 37.6 Å². The molecule has 6 heteroatoms. The first-order valence-corrected chi connectivity index (χ1v) is 12.0. The van der Waals surface area contributed by atoms with Crippen molar-refractivity contribution in [3.63, 3.8) is 0 Å². The van der Waals surface area contributed by atoms with Gasteiger partial charge in [-0.05, 0) is 50.5 Å². The van der Waals surface area contributed by atoms with E-state index in [1.807, 2.05) is 31.2 Å². The van der Waals surface area contributed by atoms with Gasteiger partial charge in [0.05, 0.1) is 12.5 Å². The molecule has 1 fully saturated rings. The van der Waals surface area contributed by atoms with Crippen LogP contribution < -0.4 is 15.5 Å². The molecule has 178 valence electrons. The third-order valence-electron chi connectivity index (χ3n) is 6.27. The summed E-state index contributed by atoms with van der Waals surface area (Å²) in [4.78, 5) is 29.3. The summed E-state index contributed by atoms with van der Waals surface area (Å²) < 4.78 is 0. The van der Waals surface area contributed by atoms with E-state index in [0.29, 0.717) is 0 Å². The van der Waals surface area contributed by atoms with Crippen LogP contribution in [-0.2, 0) is 9.59 Å². The molecule has 2 aromatic rings. The first kappa shape index (κ1) is 24.8. The second-order valence-electron chi connectivity index (χ2n) is 9.29. The lowest BCUT2D eigenvalue weighted by Crippen LogP contribution is -2.47. The van der Waals surface area contributed by atoms with E-state index in [1.165, 1.54) is 18.2 Å². The molecule has 2 N–H and O–H groups in total. The Morgan fingerprint density at radius 3 is 2.27 bits per heavy atom. The van der Waals surface area contributed by atoms with Crippen LogP contribution >= 0.6 is 0 Å². The predicted molar refractivity (Wildman–Crippen MR) is 134 cm³/mol. The van der Waals surface area contributed by atoms with Gasteiger partial charge in [-0.2, -0.15) is 0 Å². The van der Waals surface area contributed by atoms with Gasteiger partial charge in [0.15, 0.2) is 0 Å². The zero-order chi connectivity index (χ0) is 23.8. The summed E-state index contributed by atoms with van der Waals surface area (Å²) in [6, 6.07) is 16.4. The van der Waals surface area contributed by atoms with Crippen molar-refractivity contribution < 1.29 is 9.59 Å². The number of carbonyl (C=O) groups is 2. The number of anilines is 1. The minimum Gasteiger partial charge on any atom is -0.369 e. The van der Waals surface area contributed by atoms with Crippen LogP contribution in [0.3, 0.4) is 0 Å². The Morgan fingerprint density at radius 2 is 1.64 bits per heavy atom. The molecule has 0 aliphatic carbocycles. The van der Waals surface area contributed by atoms with Crippen molar-refractivity contribution in [1.82, 2.24) is 15.5 Å². The minimum absolute atomic E-state index is 0.0360. The van der Waals surface area contributed by atoms with E-state index in [1.54, 1.807) is 0 Å². The zero-order valence-corrected chi connectivity index (χ0v) is 20.4. The van der Waals surface area contributed by atoms with Gasteiger partial charge in [-0.3, -0.25) is 14.5 Å². The van der Waals surface area contributed by atoms with Gasteiger partial charge in [-0.15, -0.1) is 0 Å². The first-order chi connectivity index (χ1) is 15.8. The van der Waals surface area contributed by atoms with E-state index in [2.05, 4.69) is 58.5 Å². The SMILES string of the molecule is CC(=O)NC(CC(=O)NC(C)CCN1CCN(c2cccc(C)c2)CC1)c1ccc(C)cc1. The average molecular weight is 451 g/mol. The number of rotatable bonds is 9. The van der Waals surface area contributed by atoms with Gasteiger partial charge >= 0.3 is 0 Å². The first-order valence-electron chi connectivity index (χ1n) is 12.0. The molecule has 33 heavy (non-hydrogen) atoms. The van der Waals surface area contributed by atoms with E-state index in [0.717, 1.165) is 50.3 Å². The number of carbonyl (C=O) groups excluding carboxylic acids is 2. The standard InChI is InChI=1S/C27H38N4O2/c1-20-8-10-24(11-9-20)26(29-23(4)32)19-27(33)28-22(3)12-13-30-14-16-31(17-15-30)25-7-5-6-21(2)18-25/h5-11,18,22,26H,12-17,19H2,1-4H3,(H,28,33)(H,29,32). The third-order valence-corrected chi connectivity index (χ3v) is 6.27. The molecule has 0 aromatic heterocycles. The monoisotopic (exact) mass is 450 g/mol. The maximum Gasteiger partial charge on any atom is 0.222 e. The molecular formula is C27H38N4O2. The molecule has 1 saturated heterocycles. The molecule has 6 nitrogen and oxygen atoms in total. The Labute approximate surface area is 198 Å². The molecule has 2 aromatic carbocycles. The van der Waals surface area contributed by atoms with Crippen molar-refractivity contribution in [1.29, 1.82) is 0 Å². The molecule has 0 radical (unpaired) electrons. The molecule has 1 aliphatic heterocycles. The molecule has 2 unspecified atom stereocenters. The number of nitrogens with zero attached hydrogens (tertiary/aromatic N) is 2. The second-order valence-corrected chi connectivity index (χ2v) is 9.29. The fraction of sp³-hybridized carbons (Fsp3) is 0.481. The number of benzene rings is 2. The highest BCUT2D eigenvalue weighted by Gasteiger charge is 2.20. The number of amides is 2. The van der Waals surface area contributed by atoms with Crippen LogP contribution in [0.5, 0.6) is 0 Å². The minimum atomic E-state index is -0.315. The summed E-state index contributed by atoms with van der Waals surface area (Å²) in [5.74, 6) is -0.169. The van der Waals surface area contributed by atoms with Gasteiger partial charge in [-0.1, -0.05) is 42.0 Å². The van der Waals surface area contributed by atoms with Gasteiger partial charge in [0, 0.05) is 51.4 Å². The van der Waals surface area contributed by atoms with Crippen LogP contribution in [0.2, 0.25) is 0 Å². The number of nitrogens with one attached hydrogen (secondary N) is 2. The largest absolute Gasteiger partial charge is 0.369 e. The number of hydrogen-bond donors (Lipinski definition) is 2. The van der Waals surface area contributed by atoms with Crippen molar-refractivity contribution in [2.45, 2.75) is 52.6 Å². The van der Waals surface area contributed by atoms with Gasteiger partial charge in [0.25, 0.3) is 0 Å². The Hall–Kier alpha value is -2.86. The Bertz CT molecular complexity index is 920. The van der Waals surface area contributed by atoms with Crippen LogP contribution in [0.25, 0.3) is 0 Å². The summed E-state index contributed by atoms with van der Waals surface area (Å²) in [7, 11) is 0. The summed E-state index contributed by atoms with van der Waals surface area (Å²) in [5, 5.41) is 6.03. The molecule has 0 spiro atoms. The van der Waals surface area contributed by atoms with Gasteiger partial charge in [0.1, 0.15) is 0 Å². The molecule has 1 aliphatic rings. The summed E-state index contributed by atoms with van der Waals surface area (Å²) in [6.45, 7) is 12.8. The zero-order valence-electron chi connectivity index (χ0n) is 20.4. The van der Waals surface area contributed by atoms with Crippen molar-refractivity contribution in [2.24, 2.45) is 0 Å². The topological polar surface area (TPSA) is 64.7 Å². The van der Waals surface area contributed by atoms with E-state index in [9.17, 15) is 9.59 Å². The summed E-state index contributed by atoms with van der Waals surface area (Å²) >= 11 is 0. The number of piperazine rings is 1. The van der Waals surface area contributed by atoms with E-state index < -0.39 is 0 Å². The fourth-order valence-corrected chi connectivity index (χ4v) is 4.32. The van der Waals surface area contributed by atoms with Crippen molar-refractivity contribution >= 4 is 17.5 Å². The average Bonchev–Trinajstić information content (AvgIpc) is 2.78. The lowest BCUT2D eigenvalue weighted by molar-refractivity contribution is -0.123. The van der Waals surface area contributed by atoms with Crippen LogP contribution in [0.4, 0.5) is 5.69 Å². The van der Waals surface area contributed by atoms with E-state index >= 15 is 0 Å². The van der Waals surface area contributed by atoms with Gasteiger partial charge < -0.3 is 15.5 Å². The molecule has 0 saturated carbocycles. The lowest BCUT2D eigenvalue weighted by Gasteiger charge is -2.36. The lowest BCUT2D eigenvalue weighted by atomic mass is 10.0. The van der Waals surface area contributed by atoms with E-state index in [4.69, 9.17) is 0 Å². The highest BCUT2D eigenvalue weighted by atomic mass is 16.2. The third kappa shape index (κ3) is 7.90. The van der Waals surface area contributed by atoms with Crippen molar-refractivity contribution in [3.8, 4) is 0 Å². The fourth-order valence-electron chi connectivity index (χ4n) is 4.32. The summed E-state index contributed by atoms with van der Waals surface area (Å²) in [5.41, 5.74) is 4.70. The van der Waals surface area contributed by atoms with Crippen LogP contribution in [0, 0.1) is 13.8 Å². The molecular weight excluding hydrogens is 412 g/mol. The number of hydrogen-bond acceptors (Lipinski definition) is 4. The molecule has 2 amide bonds. The molecule has 1 heterocycles. The second kappa shape index (κ2) is 11.8. The normalized spacial score (nSPS) is 16.2. The quantitative estimate of drug-likeness (QED) is 0.613. The molecule has 2 atom stereocenters.